The molecule has 0 amide bonds. The van der Waals surface area contributed by atoms with Gasteiger partial charge in [0.2, 0.25) is 0 Å². The predicted octanol–water partition coefficient (Wildman–Crippen LogP) is 3.34. The lowest BCUT2D eigenvalue weighted by Gasteiger charge is -2.29. The fraction of sp³-hybridized carbons (Fsp3) is 0.667. The van der Waals surface area contributed by atoms with Crippen molar-refractivity contribution < 1.29 is 4.74 Å². The zero-order chi connectivity index (χ0) is 13.5. The summed E-state index contributed by atoms with van der Waals surface area (Å²) >= 11 is 0. The molecular formula is C18H25NO. The monoisotopic (exact) mass is 271 g/mol. The first-order chi connectivity index (χ1) is 9.86. The van der Waals surface area contributed by atoms with Gasteiger partial charge in [0.15, 0.2) is 0 Å². The maximum atomic E-state index is 6.09. The lowest BCUT2D eigenvalue weighted by molar-refractivity contribution is 0.0837. The van der Waals surface area contributed by atoms with Crippen LogP contribution in [0.5, 0.6) is 0 Å². The topological polar surface area (TPSA) is 21.3 Å². The van der Waals surface area contributed by atoms with Crippen molar-refractivity contribution in [3.05, 3.63) is 35.9 Å². The van der Waals surface area contributed by atoms with Gasteiger partial charge in [0, 0.05) is 12.0 Å². The molecule has 108 valence electrons. The van der Waals surface area contributed by atoms with E-state index in [4.69, 9.17) is 4.74 Å². The van der Waals surface area contributed by atoms with E-state index in [0.29, 0.717) is 18.2 Å². The molecule has 0 spiro atoms. The van der Waals surface area contributed by atoms with E-state index < -0.39 is 0 Å². The van der Waals surface area contributed by atoms with Gasteiger partial charge in [0.1, 0.15) is 0 Å². The summed E-state index contributed by atoms with van der Waals surface area (Å²) in [5.41, 5.74) is 1.53. The van der Waals surface area contributed by atoms with Gasteiger partial charge in [-0.05, 0) is 49.6 Å². The van der Waals surface area contributed by atoms with Crippen LogP contribution in [-0.4, -0.2) is 24.8 Å². The van der Waals surface area contributed by atoms with E-state index >= 15 is 0 Å². The second-order valence-electron chi connectivity index (χ2n) is 6.77. The molecule has 2 aliphatic heterocycles. The normalized spacial score (nSPS) is 40.0. The fourth-order valence-corrected chi connectivity index (χ4v) is 4.61. The fourth-order valence-electron chi connectivity index (χ4n) is 4.61. The second kappa shape index (κ2) is 5.16. The Kier molecular flexibility index (Phi) is 3.31. The molecule has 4 rings (SSSR count). The number of hydrogen-bond acceptors (Lipinski definition) is 2. The molecule has 2 heteroatoms. The Morgan fingerprint density at radius 1 is 1.15 bits per heavy atom. The van der Waals surface area contributed by atoms with Gasteiger partial charge in [-0.15, -0.1) is 0 Å². The number of benzene rings is 1. The molecule has 2 nitrogen and oxygen atoms in total. The highest BCUT2D eigenvalue weighted by molar-refractivity contribution is 5.27. The molecule has 1 N–H and O–H groups in total. The summed E-state index contributed by atoms with van der Waals surface area (Å²) in [6.07, 6.45) is 6.35. The minimum Gasteiger partial charge on any atom is -0.375 e. The smallest absolute Gasteiger partial charge is 0.0623 e. The number of nitrogens with one attached hydrogen (secondary N) is 1. The van der Waals surface area contributed by atoms with E-state index in [1.54, 1.807) is 0 Å². The molecule has 2 heterocycles. The summed E-state index contributed by atoms with van der Waals surface area (Å²) in [5.74, 6) is 2.36. The minimum absolute atomic E-state index is 0.543. The Hall–Kier alpha value is -0.860. The zero-order valence-corrected chi connectivity index (χ0v) is 12.3. The van der Waals surface area contributed by atoms with Crippen LogP contribution in [0.4, 0.5) is 0 Å². The molecule has 1 aliphatic carbocycles. The minimum atomic E-state index is 0.543. The van der Waals surface area contributed by atoms with E-state index in [1.807, 2.05) is 0 Å². The highest BCUT2D eigenvalue weighted by atomic mass is 16.5. The molecule has 0 radical (unpaired) electrons. The van der Waals surface area contributed by atoms with Crippen molar-refractivity contribution in [2.24, 2.45) is 11.8 Å². The van der Waals surface area contributed by atoms with E-state index in [0.717, 1.165) is 24.3 Å². The van der Waals surface area contributed by atoms with E-state index in [9.17, 15) is 0 Å². The van der Waals surface area contributed by atoms with Crippen molar-refractivity contribution >= 4 is 0 Å². The lowest BCUT2D eigenvalue weighted by atomic mass is 9.81. The Labute approximate surface area is 121 Å². The summed E-state index contributed by atoms with van der Waals surface area (Å²) < 4.78 is 6.09. The first kappa shape index (κ1) is 12.8. The molecular weight excluding hydrogens is 246 g/mol. The van der Waals surface area contributed by atoms with Crippen LogP contribution in [0.15, 0.2) is 30.3 Å². The van der Waals surface area contributed by atoms with Crippen LogP contribution in [0.25, 0.3) is 0 Å². The summed E-state index contributed by atoms with van der Waals surface area (Å²) in [6, 6.07) is 11.7. The number of rotatable bonds is 5. The summed E-state index contributed by atoms with van der Waals surface area (Å²) in [5, 5.41) is 3.79. The van der Waals surface area contributed by atoms with Gasteiger partial charge in [0.05, 0.1) is 12.2 Å². The van der Waals surface area contributed by atoms with Crippen LogP contribution in [0.2, 0.25) is 0 Å². The third-order valence-corrected chi connectivity index (χ3v) is 5.58. The Bertz CT molecular complexity index is 460. The maximum absolute atomic E-state index is 6.09. The van der Waals surface area contributed by atoms with Gasteiger partial charge in [-0.3, -0.25) is 0 Å². The first-order valence-corrected chi connectivity index (χ1v) is 8.30. The van der Waals surface area contributed by atoms with Crippen LogP contribution in [-0.2, 0) is 4.74 Å². The summed E-state index contributed by atoms with van der Waals surface area (Å²) in [6.45, 7) is 3.32. The van der Waals surface area contributed by atoms with Gasteiger partial charge in [0.25, 0.3) is 0 Å². The Morgan fingerprint density at radius 2 is 2.00 bits per heavy atom. The molecule has 2 bridgehead atoms. The molecule has 0 aromatic heterocycles. The standard InChI is InChI=1S/C18H25NO/c1-2-19-18(16-10-13-8-9-17(16)20-13)15-11-14(15)12-6-4-3-5-7-12/h3-7,13-19H,2,8-11H2,1H3. The average Bonchev–Trinajstić information content (AvgIpc) is 2.99. The molecule has 6 atom stereocenters. The molecule has 6 unspecified atom stereocenters. The molecule has 3 aliphatic rings. The number of ether oxygens (including phenoxy) is 1. The molecule has 3 fully saturated rings. The average molecular weight is 271 g/mol. The van der Waals surface area contributed by atoms with Crippen molar-refractivity contribution in [2.45, 2.75) is 56.8 Å². The highest BCUT2D eigenvalue weighted by Crippen LogP contribution is 2.54. The Morgan fingerprint density at radius 3 is 2.65 bits per heavy atom. The highest BCUT2D eigenvalue weighted by Gasteiger charge is 2.52. The van der Waals surface area contributed by atoms with Crippen LogP contribution >= 0.6 is 0 Å². The SMILES string of the molecule is CCNC(C1CC2CCC1O2)C1CC1c1ccccc1. The number of fused-ring (bicyclic) bond motifs is 2. The largest absolute Gasteiger partial charge is 0.375 e. The van der Waals surface area contributed by atoms with Gasteiger partial charge in [-0.1, -0.05) is 37.3 Å². The van der Waals surface area contributed by atoms with Crippen LogP contribution in [0.1, 0.15) is 44.1 Å². The van der Waals surface area contributed by atoms with Crippen molar-refractivity contribution in [3.8, 4) is 0 Å². The number of hydrogen-bond donors (Lipinski definition) is 1. The van der Waals surface area contributed by atoms with Gasteiger partial charge >= 0.3 is 0 Å². The quantitative estimate of drug-likeness (QED) is 0.887. The molecule has 2 saturated heterocycles. The van der Waals surface area contributed by atoms with E-state index in [2.05, 4.69) is 42.6 Å². The third-order valence-electron chi connectivity index (χ3n) is 5.58. The lowest BCUT2D eigenvalue weighted by Crippen LogP contribution is -2.42. The van der Waals surface area contributed by atoms with Gasteiger partial charge < -0.3 is 10.1 Å². The van der Waals surface area contributed by atoms with Crippen LogP contribution in [0.3, 0.4) is 0 Å². The molecule has 1 saturated carbocycles. The second-order valence-corrected chi connectivity index (χ2v) is 6.77. The summed E-state index contributed by atoms with van der Waals surface area (Å²) in [7, 11) is 0. The van der Waals surface area contributed by atoms with Gasteiger partial charge in [-0.2, -0.15) is 0 Å². The molecule has 1 aromatic carbocycles. The van der Waals surface area contributed by atoms with E-state index in [1.165, 1.54) is 31.2 Å². The molecule has 1 aromatic rings. The third kappa shape index (κ3) is 2.19. The zero-order valence-electron chi connectivity index (χ0n) is 12.3. The Balaban J connectivity index is 1.48. The van der Waals surface area contributed by atoms with Crippen LogP contribution in [0, 0.1) is 11.8 Å². The van der Waals surface area contributed by atoms with E-state index in [-0.39, 0.29) is 0 Å². The van der Waals surface area contributed by atoms with Crippen molar-refractivity contribution in [2.75, 3.05) is 6.54 Å². The predicted molar refractivity (Wildman–Crippen MR) is 80.8 cm³/mol. The maximum Gasteiger partial charge on any atom is 0.0623 e. The van der Waals surface area contributed by atoms with Crippen molar-refractivity contribution in [3.63, 3.8) is 0 Å². The van der Waals surface area contributed by atoms with Gasteiger partial charge in [-0.25, -0.2) is 0 Å². The molecule has 20 heavy (non-hydrogen) atoms. The van der Waals surface area contributed by atoms with Crippen LogP contribution < -0.4 is 5.32 Å². The first-order valence-electron chi connectivity index (χ1n) is 8.30. The van der Waals surface area contributed by atoms with Crippen molar-refractivity contribution in [1.29, 1.82) is 0 Å². The summed E-state index contributed by atoms with van der Waals surface area (Å²) in [4.78, 5) is 0. The van der Waals surface area contributed by atoms with Crippen molar-refractivity contribution in [1.82, 2.24) is 5.32 Å².